The summed E-state index contributed by atoms with van der Waals surface area (Å²) in [6.07, 6.45) is 0. The molecular weight excluding hydrogens is 1070 g/mol. The van der Waals surface area contributed by atoms with Crippen molar-refractivity contribution in [3.8, 4) is 0 Å². The van der Waals surface area contributed by atoms with Crippen LogP contribution in [0.5, 0.6) is 0 Å². The molecule has 0 spiro atoms. The third kappa shape index (κ3) is 118. The van der Waals surface area contributed by atoms with E-state index in [1.807, 2.05) is 0 Å². The van der Waals surface area contributed by atoms with E-state index in [0.29, 0.717) is 0 Å². The fourth-order valence-electron chi connectivity index (χ4n) is 0.693. The maximum absolute atomic E-state index is 9.63. The largest absolute Gasteiger partial charge is 1.00 e. The zero-order valence-electron chi connectivity index (χ0n) is 29.5. The van der Waals surface area contributed by atoms with Crippen LogP contribution in [0.15, 0.2) is 0 Å². The van der Waals surface area contributed by atoms with Crippen molar-refractivity contribution in [2.24, 2.45) is 0 Å². The van der Waals surface area contributed by atoms with Crippen molar-refractivity contribution < 1.29 is 429 Å². The SMILES string of the molecule is O=P(O)(O)OP(=O)(O)O.O=P(O)(O)OP(=O)(O)O.O=P(O)(O)OP(=O)(O)O.O=P(O)(O)OP(=O)(O)O.O=P(O)(O)OP(=O)(O)O.[H-].[H-].[H-].[H-].[H-].[K+].[K+].[K+].[K+].[K+]. The van der Waals surface area contributed by atoms with Gasteiger partial charge >= 0.3 is 335 Å². The summed E-state index contributed by atoms with van der Waals surface area (Å²) in [5.74, 6) is 0. The normalized spacial score (nSPS) is 12.4. The fraction of sp³-hybridized carbons (Fsp3) is 0. The van der Waals surface area contributed by atoms with Gasteiger partial charge in [0.15, 0.2) is 0 Å². The van der Waals surface area contributed by atoms with E-state index in [-0.39, 0.29) is 264 Å². The second kappa shape index (κ2) is 34.8. The fourth-order valence-corrected chi connectivity index (χ4v) is 6.24. The van der Waals surface area contributed by atoms with Gasteiger partial charge in [-0.2, -0.15) is 21.6 Å². The second-order valence-electron chi connectivity index (χ2n) is 5.31. The van der Waals surface area contributed by atoms with Crippen molar-refractivity contribution in [2.75, 3.05) is 0 Å². The van der Waals surface area contributed by atoms with Gasteiger partial charge in [0.25, 0.3) is 0 Å². The molecule has 0 radical (unpaired) electrons. The van der Waals surface area contributed by atoms with Crippen LogP contribution in [0.25, 0.3) is 0 Å². The molecule has 35 nitrogen and oxygen atoms in total. The Labute approximate surface area is 495 Å². The van der Waals surface area contributed by atoms with Gasteiger partial charge in [0.05, 0.1) is 0 Å². The summed E-state index contributed by atoms with van der Waals surface area (Å²) >= 11 is 0. The number of rotatable bonds is 10. The van der Waals surface area contributed by atoms with Crippen molar-refractivity contribution in [1.82, 2.24) is 0 Å². The summed E-state index contributed by atoms with van der Waals surface area (Å²) in [4.78, 5) is 155. The second-order valence-corrected chi connectivity index (χ2v) is 18.4. The molecule has 50 heavy (non-hydrogen) atoms. The zero-order chi connectivity index (χ0) is 38.5. The molecule has 0 amide bonds. The molecule has 0 saturated carbocycles. The Kier molecular flexibility index (Phi) is 57.9. The van der Waals surface area contributed by atoms with E-state index in [1.54, 1.807) is 0 Å². The molecule has 290 valence electrons. The predicted molar refractivity (Wildman–Crippen MR) is 131 cm³/mol. The summed E-state index contributed by atoms with van der Waals surface area (Å²) in [6.45, 7) is 0. The van der Waals surface area contributed by atoms with Gasteiger partial charge in [-0.3, -0.25) is 0 Å². The Morgan fingerprint density at radius 1 is 0.200 bits per heavy atom. The Hall–Kier alpha value is 9.48. The van der Waals surface area contributed by atoms with Gasteiger partial charge in [-0.15, -0.1) is 0 Å². The topological polar surface area (TPSA) is 621 Å². The van der Waals surface area contributed by atoms with Crippen LogP contribution in [0.4, 0.5) is 0 Å². The first-order valence-corrected chi connectivity index (χ1v) is 23.0. The minimum atomic E-state index is -5.05. The molecule has 0 heterocycles. The molecule has 0 aromatic carbocycles. The Bertz CT molecular complexity index is 1030. The number of hydrogen-bond acceptors (Lipinski definition) is 15. The molecule has 0 aliphatic rings. The van der Waals surface area contributed by atoms with Gasteiger partial charge in [0.1, 0.15) is 0 Å². The molecule has 0 aliphatic carbocycles. The molecule has 0 unspecified atom stereocenters. The van der Waals surface area contributed by atoms with Crippen molar-refractivity contribution >= 4 is 78.2 Å². The van der Waals surface area contributed by atoms with Crippen molar-refractivity contribution in [2.45, 2.75) is 0 Å². The zero-order valence-corrected chi connectivity index (χ0v) is 49.1. The summed E-state index contributed by atoms with van der Waals surface area (Å²) in [7, 11) is -50.5. The molecule has 0 saturated heterocycles. The predicted octanol–water partition coefficient (Wildman–Crippen LogP) is -18.5. The summed E-state index contributed by atoms with van der Waals surface area (Å²) in [6, 6.07) is 0. The van der Waals surface area contributed by atoms with E-state index in [2.05, 4.69) is 21.6 Å². The first-order valence-electron chi connectivity index (χ1n) is 7.65. The van der Waals surface area contributed by atoms with E-state index >= 15 is 0 Å². The quantitative estimate of drug-likeness (QED) is 0.0713. The van der Waals surface area contributed by atoms with Crippen LogP contribution in [0.3, 0.4) is 0 Å². The molecular formula is H25K5O35P10. The number of hydrogen-bond donors (Lipinski definition) is 20. The molecule has 0 fully saturated rings. The average Bonchev–Trinajstić information content (AvgIpc) is 2.36. The molecule has 0 aliphatic heterocycles. The first-order chi connectivity index (χ1) is 18.5. The van der Waals surface area contributed by atoms with Gasteiger partial charge < -0.3 is 105 Å². The molecule has 0 bridgehead atoms. The average molecular weight is 1090 g/mol. The molecule has 0 atom stereocenters. The monoisotopic (exact) mass is 1090 g/mol. The van der Waals surface area contributed by atoms with E-state index < -0.39 is 78.2 Å². The van der Waals surface area contributed by atoms with Crippen LogP contribution in [-0.4, -0.2) is 97.9 Å². The third-order valence-corrected chi connectivity index (χ3v) is 9.57. The maximum atomic E-state index is 9.63. The Morgan fingerprint density at radius 3 is 0.240 bits per heavy atom. The van der Waals surface area contributed by atoms with Crippen LogP contribution >= 0.6 is 78.2 Å². The summed E-state index contributed by atoms with van der Waals surface area (Å²) in [5, 5.41) is 0. The van der Waals surface area contributed by atoms with Crippen LogP contribution in [0.1, 0.15) is 7.13 Å². The van der Waals surface area contributed by atoms with E-state index in [4.69, 9.17) is 97.9 Å². The Morgan fingerprint density at radius 2 is 0.240 bits per heavy atom. The maximum Gasteiger partial charge on any atom is 1.00 e. The molecule has 0 aromatic rings. The molecule has 0 rings (SSSR count). The van der Waals surface area contributed by atoms with Crippen LogP contribution in [0, 0.1) is 0 Å². The van der Waals surface area contributed by atoms with Gasteiger partial charge in [-0.05, 0) is 0 Å². The third-order valence-electron chi connectivity index (χ3n) is 1.06. The first kappa shape index (κ1) is 83.1. The van der Waals surface area contributed by atoms with Crippen LogP contribution < -0.4 is 257 Å². The van der Waals surface area contributed by atoms with Gasteiger partial charge in [0.2, 0.25) is 0 Å². The standard InChI is InChI=1S/5K.5H4O7P2.5H/c;;;;;5*1-8(2,3)7-9(4,5)6;;;;;/h;;;;;5*(H2,1,2,3)(H2,4,5,6);;;;;/q5*+1;;;;;;5*-1. The van der Waals surface area contributed by atoms with Crippen molar-refractivity contribution in [3.63, 3.8) is 0 Å². The minimum Gasteiger partial charge on any atom is -1.00 e. The molecule has 50 heteroatoms. The summed E-state index contributed by atoms with van der Waals surface area (Å²) in [5.41, 5.74) is 0. The van der Waals surface area contributed by atoms with Crippen LogP contribution in [-0.2, 0) is 67.2 Å². The summed E-state index contributed by atoms with van der Waals surface area (Å²) < 4.78 is 111. The minimum absolute atomic E-state index is 0. The van der Waals surface area contributed by atoms with Crippen molar-refractivity contribution in [1.29, 1.82) is 0 Å². The van der Waals surface area contributed by atoms with Crippen molar-refractivity contribution in [3.05, 3.63) is 0 Å². The van der Waals surface area contributed by atoms with E-state index in [9.17, 15) is 45.7 Å². The molecule has 20 N–H and O–H groups in total. The smallest absolute Gasteiger partial charge is 1.00 e. The van der Waals surface area contributed by atoms with Gasteiger partial charge in [-0.1, -0.05) is 0 Å². The van der Waals surface area contributed by atoms with Crippen LogP contribution in [0.2, 0.25) is 0 Å². The van der Waals surface area contributed by atoms with Gasteiger partial charge in [0, 0.05) is 0 Å². The molecule has 0 aromatic heterocycles. The van der Waals surface area contributed by atoms with E-state index in [0.717, 1.165) is 0 Å². The van der Waals surface area contributed by atoms with Gasteiger partial charge in [-0.25, -0.2) is 45.7 Å². The Balaban J connectivity index is -0.0000000268. The van der Waals surface area contributed by atoms with E-state index in [1.165, 1.54) is 0 Å². The number of phosphoric acid groups is 10.